The Bertz CT molecular complexity index is 1000. The van der Waals surface area contributed by atoms with Crippen LogP contribution in [0.1, 0.15) is 29.3 Å². The van der Waals surface area contributed by atoms with Crippen LogP contribution >= 0.6 is 11.6 Å². The second-order valence-corrected chi connectivity index (χ2v) is 8.19. The number of carbonyl (C=O) groups excluding carboxylic acids is 1. The molecule has 1 aliphatic rings. The van der Waals surface area contributed by atoms with Crippen LogP contribution in [-0.4, -0.2) is 58.3 Å². The van der Waals surface area contributed by atoms with Crippen molar-refractivity contribution in [1.82, 2.24) is 14.9 Å². The Morgan fingerprint density at radius 3 is 2.81 bits per heavy atom. The van der Waals surface area contributed by atoms with E-state index >= 15 is 0 Å². The summed E-state index contributed by atoms with van der Waals surface area (Å²) in [6.45, 7) is 3.02. The maximum absolute atomic E-state index is 14.5. The van der Waals surface area contributed by atoms with Gasteiger partial charge in [-0.15, -0.1) is 0 Å². The first-order chi connectivity index (χ1) is 15.2. The van der Waals surface area contributed by atoms with Crippen LogP contribution in [0.4, 0.5) is 20.4 Å². The van der Waals surface area contributed by atoms with Crippen LogP contribution in [0.25, 0.3) is 0 Å². The molecule has 32 heavy (non-hydrogen) atoms. The monoisotopic (exact) mass is 463 g/mol. The van der Waals surface area contributed by atoms with Gasteiger partial charge in [-0.3, -0.25) is 10.2 Å². The zero-order valence-electron chi connectivity index (χ0n) is 17.6. The summed E-state index contributed by atoms with van der Waals surface area (Å²) in [6, 6.07) is 4.56. The first kappa shape index (κ1) is 23.5. The van der Waals surface area contributed by atoms with E-state index in [0.717, 1.165) is 11.8 Å². The number of carbonyl (C=O) groups is 1. The molecule has 1 fully saturated rings. The Labute approximate surface area is 189 Å². The third kappa shape index (κ3) is 5.76. The predicted molar refractivity (Wildman–Crippen MR) is 121 cm³/mol. The topological polar surface area (TPSA) is 106 Å². The van der Waals surface area contributed by atoms with Crippen LogP contribution in [0.15, 0.2) is 35.7 Å². The van der Waals surface area contributed by atoms with Crippen molar-refractivity contribution in [2.45, 2.75) is 32.2 Å². The number of nitrogens with one attached hydrogen (secondary N) is 3. The Morgan fingerprint density at radius 1 is 1.41 bits per heavy atom. The van der Waals surface area contributed by atoms with E-state index in [1.165, 1.54) is 23.5 Å². The van der Waals surface area contributed by atoms with E-state index in [9.17, 15) is 13.6 Å². The van der Waals surface area contributed by atoms with Crippen molar-refractivity contribution in [2.24, 2.45) is 11.0 Å². The van der Waals surface area contributed by atoms with Gasteiger partial charge in [0.1, 0.15) is 0 Å². The highest BCUT2D eigenvalue weighted by Crippen LogP contribution is 2.36. The van der Waals surface area contributed by atoms with E-state index in [-0.39, 0.29) is 18.5 Å². The van der Waals surface area contributed by atoms with Gasteiger partial charge in [-0.1, -0.05) is 30.2 Å². The molecule has 0 radical (unpaired) electrons. The molecule has 0 aliphatic carbocycles. The van der Waals surface area contributed by atoms with Crippen molar-refractivity contribution >= 4 is 41.6 Å². The van der Waals surface area contributed by atoms with Crippen molar-refractivity contribution in [1.29, 1.82) is 5.41 Å². The quantitative estimate of drug-likeness (QED) is 0.423. The average molecular weight is 464 g/mol. The summed E-state index contributed by atoms with van der Waals surface area (Å²) in [4.78, 5) is 22.8. The molecule has 0 saturated carbocycles. The van der Waals surface area contributed by atoms with Crippen LogP contribution in [0.3, 0.4) is 0 Å². The van der Waals surface area contributed by atoms with Crippen LogP contribution in [0, 0.1) is 18.3 Å². The molecule has 11 heteroatoms. The zero-order chi connectivity index (χ0) is 23.3. The smallest absolute Gasteiger partial charge is 0.265 e. The largest absolute Gasteiger partial charge is 0.352 e. The third-order valence-corrected chi connectivity index (χ3v) is 5.36. The third-order valence-electron chi connectivity index (χ3n) is 5.17. The molecule has 2 aromatic rings. The number of halogens is 3. The zero-order valence-corrected chi connectivity index (χ0v) is 18.4. The summed E-state index contributed by atoms with van der Waals surface area (Å²) in [5, 5.41) is 14.3. The number of hydrogen-bond donors (Lipinski definition) is 3. The summed E-state index contributed by atoms with van der Waals surface area (Å²) in [7, 11) is 0. The summed E-state index contributed by atoms with van der Waals surface area (Å²) >= 11 is 5.80. The highest BCUT2D eigenvalue weighted by molar-refractivity contribution is 6.30. The number of amides is 1. The molecule has 3 N–H and O–H groups in total. The maximum Gasteiger partial charge on any atom is 0.265 e. The fraction of sp³-hybridized carbons (Fsp3) is 0.381. The van der Waals surface area contributed by atoms with E-state index in [0.29, 0.717) is 16.7 Å². The second-order valence-electron chi connectivity index (χ2n) is 7.75. The first-order valence-electron chi connectivity index (χ1n) is 9.99. The second kappa shape index (κ2) is 9.99. The maximum atomic E-state index is 14.5. The molecule has 1 aromatic heterocycles. The highest BCUT2D eigenvalue weighted by atomic mass is 35.5. The minimum atomic E-state index is -3.00. The lowest BCUT2D eigenvalue weighted by Gasteiger charge is -2.43. The molecule has 2 atom stereocenters. The fourth-order valence-electron chi connectivity index (χ4n) is 3.71. The summed E-state index contributed by atoms with van der Waals surface area (Å²) < 4.78 is 28.9. The highest BCUT2D eigenvalue weighted by Gasteiger charge is 2.46. The normalized spacial score (nSPS) is 20.2. The van der Waals surface area contributed by atoms with E-state index in [1.807, 2.05) is 6.92 Å². The Kier molecular flexibility index (Phi) is 7.34. The predicted octanol–water partition coefficient (Wildman–Crippen LogP) is 4.08. The van der Waals surface area contributed by atoms with Gasteiger partial charge in [-0.05, 0) is 25.0 Å². The van der Waals surface area contributed by atoms with Gasteiger partial charge in [0, 0.05) is 19.2 Å². The van der Waals surface area contributed by atoms with Gasteiger partial charge >= 0.3 is 0 Å². The lowest BCUT2D eigenvalue weighted by molar-refractivity contribution is -0.0897. The molecule has 0 bridgehead atoms. The number of anilines is 2. The van der Waals surface area contributed by atoms with Gasteiger partial charge in [0.2, 0.25) is 5.95 Å². The number of hydrazone groups is 1. The number of nitrogens with zero attached hydrogens (tertiary/aromatic N) is 4. The van der Waals surface area contributed by atoms with Gasteiger partial charge in [0.25, 0.3) is 11.8 Å². The SMILES string of the molecule is Cc1ccc(N/N=C\C=N)c(C(=O)N2CC(F)(F)C[C@@H](C)C2CNc2ncc(Cl)cn2)c1. The van der Waals surface area contributed by atoms with Crippen molar-refractivity contribution in [3.63, 3.8) is 0 Å². The number of aryl methyl sites for hydroxylation is 1. The summed E-state index contributed by atoms with van der Waals surface area (Å²) in [6.07, 6.45) is 4.73. The molecule has 2 heterocycles. The van der Waals surface area contributed by atoms with Gasteiger partial charge in [0.05, 0.1) is 47.5 Å². The van der Waals surface area contributed by atoms with E-state index in [1.54, 1.807) is 25.1 Å². The van der Waals surface area contributed by atoms with Crippen LogP contribution in [0.5, 0.6) is 0 Å². The summed E-state index contributed by atoms with van der Waals surface area (Å²) in [5.74, 6) is -3.71. The molecule has 3 rings (SSSR count). The molecular weight excluding hydrogens is 440 g/mol. The van der Waals surface area contributed by atoms with Gasteiger partial charge < -0.3 is 15.6 Å². The van der Waals surface area contributed by atoms with Crippen molar-refractivity contribution in [3.8, 4) is 0 Å². The lowest BCUT2D eigenvalue weighted by Crippen LogP contribution is -2.57. The van der Waals surface area contributed by atoms with Gasteiger partial charge in [0.15, 0.2) is 0 Å². The molecule has 8 nitrogen and oxygen atoms in total. The molecule has 1 unspecified atom stereocenters. The van der Waals surface area contributed by atoms with E-state index in [2.05, 4.69) is 25.8 Å². The number of hydrogen-bond acceptors (Lipinski definition) is 7. The van der Waals surface area contributed by atoms with Crippen LogP contribution < -0.4 is 10.7 Å². The Morgan fingerprint density at radius 2 is 2.12 bits per heavy atom. The number of alkyl halides is 2. The standard InChI is InChI=1S/C21H24ClF2N7O/c1-13-3-4-17(30-29-6-5-25)16(7-13)19(32)31-12-21(23,24)8-14(2)18(31)11-28-20-26-9-15(22)10-27-20/h3-7,9-10,14,18,25,30H,8,11-12H2,1-2H3,(H,26,27,28)/b25-5?,29-6-/t14-,18?/m1/s1. The minimum absolute atomic E-state index is 0.200. The first-order valence-corrected chi connectivity index (χ1v) is 10.4. The van der Waals surface area contributed by atoms with E-state index < -0.39 is 30.3 Å². The van der Waals surface area contributed by atoms with Gasteiger partial charge in [-0.25, -0.2) is 18.7 Å². The Hall–Kier alpha value is -3.14. The van der Waals surface area contributed by atoms with E-state index in [4.69, 9.17) is 17.0 Å². The van der Waals surface area contributed by atoms with Crippen molar-refractivity contribution in [2.75, 3.05) is 23.8 Å². The van der Waals surface area contributed by atoms with Crippen molar-refractivity contribution < 1.29 is 13.6 Å². The van der Waals surface area contributed by atoms with Crippen LogP contribution in [0.2, 0.25) is 5.02 Å². The molecule has 0 spiro atoms. The number of piperidine rings is 1. The fourth-order valence-corrected chi connectivity index (χ4v) is 3.81. The molecule has 1 aromatic carbocycles. The number of likely N-dealkylation sites (tertiary alicyclic amines) is 1. The summed E-state index contributed by atoms with van der Waals surface area (Å²) in [5.41, 5.74) is 4.10. The molecule has 170 valence electrons. The molecular formula is C21H24ClF2N7O. The number of aromatic nitrogens is 2. The molecule has 1 aliphatic heterocycles. The van der Waals surface area contributed by atoms with Crippen molar-refractivity contribution in [3.05, 3.63) is 46.7 Å². The van der Waals surface area contributed by atoms with Crippen LogP contribution in [-0.2, 0) is 0 Å². The molecule has 1 saturated heterocycles. The lowest BCUT2D eigenvalue weighted by atomic mass is 9.87. The average Bonchev–Trinajstić information content (AvgIpc) is 2.74. The Balaban J connectivity index is 1.89. The number of benzene rings is 1. The molecule has 1 amide bonds. The number of rotatable bonds is 7. The van der Waals surface area contributed by atoms with Gasteiger partial charge in [-0.2, -0.15) is 5.10 Å². The minimum Gasteiger partial charge on any atom is -0.352 e.